The highest BCUT2D eigenvalue weighted by atomic mass is 32.2. The molecule has 1 aliphatic heterocycles. The number of halogens is 3. The van der Waals surface area contributed by atoms with E-state index in [9.17, 15) is 22.2 Å². The molecule has 0 aromatic heterocycles. The molecule has 3 rings (SSSR count). The lowest BCUT2D eigenvalue weighted by Gasteiger charge is -2.19. The van der Waals surface area contributed by atoms with Crippen molar-refractivity contribution in [2.45, 2.75) is 17.0 Å². The van der Waals surface area contributed by atoms with E-state index < -0.39 is 34.6 Å². The third-order valence-electron chi connectivity index (χ3n) is 4.20. The summed E-state index contributed by atoms with van der Waals surface area (Å²) in [5.74, 6) is 3.48. The van der Waals surface area contributed by atoms with Crippen LogP contribution in [0.5, 0.6) is 0 Å². The number of nitrogens with zero attached hydrogens (tertiary/aromatic N) is 2. The van der Waals surface area contributed by atoms with Crippen molar-refractivity contribution in [2.75, 3.05) is 10.8 Å². The Kier molecular flexibility index (Phi) is 5.27. The second kappa shape index (κ2) is 7.50. The first-order valence-corrected chi connectivity index (χ1v) is 9.13. The molecule has 0 saturated carbocycles. The van der Waals surface area contributed by atoms with Crippen molar-refractivity contribution in [1.29, 1.82) is 0 Å². The Bertz CT molecular complexity index is 964. The van der Waals surface area contributed by atoms with E-state index >= 15 is 0 Å². The van der Waals surface area contributed by atoms with E-state index in [0.717, 1.165) is 12.1 Å². The van der Waals surface area contributed by atoms with E-state index in [1.165, 1.54) is 16.4 Å². The van der Waals surface area contributed by atoms with Crippen molar-refractivity contribution in [1.82, 2.24) is 5.32 Å². The fraction of sp³-hybridized carbons (Fsp3) is 0.176. The molecule has 2 unspecified atom stereocenters. The molecule has 0 aliphatic carbocycles. The lowest BCUT2D eigenvalue weighted by atomic mass is 10.0. The zero-order valence-corrected chi connectivity index (χ0v) is 15.1. The second-order valence-corrected chi connectivity index (χ2v) is 7.36. The number of guanidine groups is 1. The van der Waals surface area contributed by atoms with Gasteiger partial charge in [-0.1, -0.05) is 24.3 Å². The number of para-hydroxylation sites is 1. The maximum atomic E-state index is 13.0. The fourth-order valence-electron chi connectivity index (χ4n) is 2.91. The molecule has 0 saturated heterocycles. The third-order valence-corrected chi connectivity index (χ3v) is 5.60. The largest absolute Gasteiger partial charge is 0.416 e. The van der Waals surface area contributed by atoms with Crippen molar-refractivity contribution in [3.05, 3.63) is 59.7 Å². The van der Waals surface area contributed by atoms with Crippen LogP contribution in [0, 0.1) is 0 Å². The molecule has 1 aliphatic rings. The number of alkyl halides is 3. The molecule has 148 valence electrons. The van der Waals surface area contributed by atoms with Gasteiger partial charge in [-0.2, -0.15) is 13.2 Å². The van der Waals surface area contributed by atoms with Crippen molar-refractivity contribution in [2.24, 2.45) is 16.7 Å². The van der Waals surface area contributed by atoms with Crippen LogP contribution in [-0.2, 0) is 22.0 Å². The van der Waals surface area contributed by atoms with Crippen LogP contribution in [0.3, 0.4) is 0 Å². The van der Waals surface area contributed by atoms with Crippen LogP contribution >= 0.6 is 0 Å². The molecular formula is C17H16F3N5O2S. The maximum absolute atomic E-state index is 13.0. The molecule has 0 spiro atoms. The Hall–Kier alpha value is -3.08. The predicted molar refractivity (Wildman–Crippen MR) is 98.3 cm³/mol. The van der Waals surface area contributed by atoms with E-state index in [1.807, 2.05) is 0 Å². The Balaban J connectivity index is 1.93. The van der Waals surface area contributed by atoms with Gasteiger partial charge in [0.25, 0.3) is 0 Å². The SMILES string of the molecule is N/N=C(\N)NC(=O)C1CN(S(=O)c2cccc(C(F)(F)F)c2)c2ccccc21. The Morgan fingerprint density at radius 3 is 2.61 bits per heavy atom. The lowest BCUT2D eigenvalue weighted by Crippen LogP contribution is -2.41. The minimum absolute atomic E-state index is 0.00805. The summed E-state index contributed by atoms with van der Waals surface area (Å²) >= 11 is 0. The van der Waals surface area contributed by atoms with Crippen LogP contribution in [0.4, 0.5) is 18.9 Å². The van der Waals surface area contributed by atoms with Crippen LogP contribution < -0.4 is 21.2 Å². The van der Waals surface area contributed by atoms with Crippen molar-refractivity contribution >= 4 is 28.5 Å². The van der Waals surface area contributed by atoms with Gasteiger partial charge in [0.05, 0.1) is 22.1 Å². The minimum atomic E-state index is -4.55. The number of amides is 1. The maximum Gasteiger partial charge on any atom is 0.416 e. The zero-order chi connectivity index (χ0) is 20.5. The summed E-state index contributed by atoms with van der Waals surface area (Å²) in [5, 5.41) is 5.50. The molecule has 1 amide bonds. The summed E-state index contributed by atoms with van der Waals surface area (Å²) in [6.07, 6.45) is -4.55. The molecule has 0 radical (unpaired) electrons. The molecule has 5 N–H and O–H groups in total. The average molecular weight is 411 g/mol. The summed E-state index contributed by atoms with van der Waals surface area (Å²) < 4.78 is 53.3. The molecule has 28 heavy (non-hydrogen) atoms. The number of carbonyl (C=O) groups is 1. The van der Waals surface area contributed by atoms with E-state index in [-0.39, 0.29) is 17.4 Å². The summed E-state index contributed by atoms with van der Waals surface area (Å²) in [5.41, 5.74) is 5.58. The number of hydrazone groups is 1. The van der Waals surface area contributed by atoms with Crippen LogP contribution in [-0.4, -0.2) is 22.6 Å². The van der Waals surface area contributed by atoms with Crippen molar-refractivity contribution in [3.8, 4) is 0 Å². The number of nitrogens with two attached hydrogens (primary N) is 2. The third kappa shape index (κ3) is 3.79. The fourth-order valence-corrected chi connectivity index (χ4v) is 4.21. The molecule has 1 heterocycles. The van der Waals surface area contributed by atoms with Gasteiger partial charge >= 0.3 is 6.18 Å². The zero-order valence-electron chi connectivity index (χ0n) is 14.3. The van der Waals surface area contributed by atoms with Crippen molar-refractivity contribution < 1.29 is 22.2 Å². The highest BCUT2D eigenvalue weighted by Gasteiger charge is 2.37. The number of hydrogen-bond donors (Lipinski definition) is 3. The Morgan fingerprint density at radius 2 is 1.93 bits per heavy atom. The second-order valence-electron chi connectivity index (χ2n) is 5.95. The number of rotatable bonds is 3. The number of nitrogens with one attached hydrogen (secondary N) is 1. The molecular weight excluding hydrogens is 395 g/mol. The summed E-state index contributed by atoms with van der Waals surface area (Å²) in [6, 6.07) is 11.0. The molecule has 7 nitrogen and oxygen atoms in total. The summed E-state index contributed by atoms with van der Waals surface area (Å²) in [6.45, 7) is -0.00805. The Morgan fingerprint density at radius 1 is 1.21 bits per heavy atom. The van der Waals surface area contributed by atoms with Crippen LogP contribution in [0.25, 0.3) is 0 Å². The highest BCUT2D eigenvalue weighted by Crippen LogP contribution is 2.39. The number of benzene rings is 2. The molecule has 2 aromatic carbocycles. The van der Waals surface area contributed by atoms with Gasteiger partial charge < -0.3 is 11.6 Å². The quantitative estimate of drug-likeness (QED) is 0.308. The first-order valence-electron chi connectivity index (χ1n) is 8.02. The van der Waals surface area contributed by atoms with Gasteiger partial charge in [0.2, 0.25) is 11.9 Å². The number of hydrogen-bond acceptors (Lipinski definition) is 4. The van der Waals surface area contributed by atoms with Crippen LogP contribution in [0.1, 0.15) is 17.0 Å². The van der Waals surface area contributed by atoms with E-state index in [1.54, 1.807) is 24.3 Å². The lowest BCUT2D eigenvalue weighted by molar-refractivity contribution is -0.137. The standard InChI is InChI=1S/C17H16F3N5O2S/c18-17(19,20)10-4-3-5-11(8-10)28(27)25-9-13(15(26)23-16(21)24-22)12-6-1-2-7-14(12)25/h1-8,13H,9,22H2,(H3,21,23,24,26). The molecule has 0 bridgehead atoms. The first kappa shape index (κ1) is 19.7. The minimum Gasteiger partial charge on any atom is -0.368 e. The van der Waals surface area contributed by atoms with E-state index in [4.69, 9.17) is 11.6 Å². The van der Waals surface area contributed by atoms with Crippen LogP contribution in [0.2, 0.25) is 0 Å². The van der Waals surface area contributed by atoms with Gasteiger partial charge in [-0.3, -0.25) is 14.4 Å². The van der Waals surface area contributed by atoms with Gasteiger partial charge in [0.15, 0.2) is 11.0 Å². The molecule has 11 heteroatoms. The smallest absolute Gasteiger partial charge is 0.368 e. The van der Waals surface area contributed by atoms with E-state index in [0.29, 0.717) is 11.3 Å². The summed E-state index contributed by atoms with van der Waals surface area (Å²) in [4.78, 5) is 12.4. The van der Waals surface area contributed by atoms with Gasteiger partial charge in [-0.25, -0.2) is 4.21 Å². The van der Waals surface area contributed by atoms with E-state index in [2.05, 4.69) is 10.4 Å². The Labute approximate surface area is 160 Å². The van der Waals surface area contributed by atoms with Gasteiger partial charge in [0, 0.05) is 6.54 Å². The van der Waals surface area contributed by atoms with Gasteiger partial charge in [-0.15, -0.1) is 5.10 Å². The monoisotopic (exact) mass is 411 g/mol. The first-order chi connectivity index (χ1) is 13.2. The van der Waals surface area contributed by atoms with Crippen LogP contribution in [0.15, 0.2) is 58.5 Å². The number of fused-ring (bicyclic) bond motifs is 1. The predicted octanol–water partition coefficient (Wildman–Crippen LogP) is 1.64. The molecule has 2 atom stereocenters. The number of anilines is 1. The topological polar surface area (TPSA) is 114 Å². The van der Waals surface area contributed by atoms with Gasteiger partial charge in [0.1, 0.15) is 0 Å². The molecule has 2 aromatic rings. The number of carbonyl (C=O) groups excluding carboxylic acids is 1. The molecule has 0 fully saturated rings. The highest BCUT2D eigenvalue weighted by molar-refractivity contribution is 7.86. The van der Waals surface area contributed by atoms with Gasteiger partial charge in [-0.05, 0) is 29.8 Å². The summed E-state index contributed by atoms with van der Waals surface area (Å²) in [7, 11) is -1.95. The van der Waals surface area contributed by atoms with Crippen molar-refractivity contribution in [3.63, 3.8) is 0 Å². The average Bonchev–Trinajstić information content (AvgIpc) is 3.06. The normalized spacial score (nSPS) is 17.9.